The lowest BCUT2D eigenvalue weighted by Gasteiger charge is -2.24. The quantitative estimate of drug-likeness (QED) is 0.556. The molecule has 3 heteroatoms. The Morgan fingerprint density at radius 1 is 1.56 bits per heavy atom. The van der Waals surface area contributed by atoms with Gasteiger partial charge in [-0.3, -0.25) is 0 Å². The van der Waals surface area contributed by atoms with Gasteiger partial charge in [0.05, 0.1) is 6.61 Å². The van der Waals surface area contributed by atoms with Crippen LogP contribution < -0.4 is 5.73 Å². The Balaban J connectivity index is 0.000000640. The molecule has 56 valence electrons. The Morgan fingerprint density at radius 3 is 2.56 bits per heavy atom. The minimum atomic E-state index is 0. The lowest BCUT2D eigenvalue weighted by Crippen LogP contribution is -2.37. The highest BCUT2D eigenvalue weighted by Crippen LogP contribution is 2.11. The van der Waals surface area contributed by atoms with Crippen molar-refractivity contribution in [2.45, 2.75) is 19.4 Å². The topological polar surface area (TPSA) is 35.2 Å². The van der Waals surface area contributed by atoms with Gasteiger partial charge >= 0.3 is 0 Å². The molecular formula is C6H14ClNO. The Bertz CT molecular complexity index is 69.5. The van der Waals surface area contributed by atoms with E-state index in [9.17, 15) is 0 Å². The van der Waals surface area contributed by atoms with Crippen molar-refractivity contribution in [1.82, 2.24) is 0 Å². The van der Waals surface area contributed by atoms with Crippen LogP contribution in [0.3, 0.4) is 0 Å². The first-order valence-corrected chi connectivity index (χ1v) is 3.14. The van der Waals surface area contributed by atoms with Gasteiger partial charge in [0.15, 0.2) is 0 Å². The highest BCUT2D eigenvalue weighted by molar-refractivity contribution is 5.85. The van der Waals surface area contributed by atoms with Crippen molar-refractivity contribution in [2.75, 3.05) is 13.2 Å². The summed E-state index contributed by atoms with van der Waals surface area (Å²) in [6.45, 7) is 3.82. The molecule has 0 aromatic heterocycles. The van der Waals surface area contributed by atoms with E-state index in [-0.39, 0.29) is 18.4 Å². The monoisotopic (exact) mass is 151 g/mol. The maximum absolute atomic E-state index is 5.65. The summed E-state index contributed by atoms with van der Waals surface area (Å²) in [6.07, 6.45) is 1.13. The maximum atomic E-state index is 5.65. The third kappa shape index (κ3) is 2.52. The summed E-state index contributed by atoms with van der Waals surface area (Å²) in [6, 6.07) is 0.281. The molecule has 1 saturated heterocycles. The van der Waals surface area contributed by atoms with Crippen molar-refractivity contribution in [3.8, 4) is 0 Å². The molecule has 2 atom stereocenters. The molecule has 1 rings (SSSR count). The molecule has 0 aromatic carbocycles. The zero-order valence-corrected chi connectivity index (χ0v) is 6.49. The van der Waals surface area contributed by atoms with Gasteiger partial charge in [0.25, 0.3) is 0 Å². The van der Waals surface area contributed by atoms with E-state index >= 15 is 0 Å². The van der Waals surface area contributed by atoms with E-state index in [0.29, 0.717) is 5.92 Å². The highest BCUT2D eigenvalue weighted by atomic mass is 35.5. The van der Waals surface area contributed by atoms with Gasteiger partial charge in [-0.25, -0.2) is 0 Å². The SMILES string of the molecule is C[C@@H]1CCOC[C@H]1N.Cl. The standard InChI is InChI=1S/C6H13NO.ClH/c1-5-2-3-8-4-6(5)7;/h5-6H,2-4,7H2,1H3;1H/t5-,6-;/m1./s1. The second kappa shape index (κ2) is 4.09. The molecule has 0 unspecified atom stereocenters. The normalized spacial score (nSPS) is 35.3. The van der Waals surface area contributed by atoms with Crippen LogP contribution in [-0.4, -0.2) is 19.3 Å². The van der Waals surface area contributed by atoms with Gasteiger partial charge in [-0.2, -0.15) is 0 Å². The van der Waals surface area contributed by atoms with Crippen molar-refractivity contribution in [2.24, 2.45) is 11.7 Å². The van der Waals surface area contributed by atoms with E-state index in [1.165, 1.54) is 0 Å². The molecule has 1 aliphatic rings. The fraction of sp³-hybridized carbons (Fsp3) is 1.00. The number of halogens is 1. The van der Waals surface area contributed by atoms with E-state index in [1.807, 2.05) is 0 Å². The third-order valence-corrected chi connectivity index (χ3v) is 1.76. The van der Waals surface area contributed by atoms with Gasteiger partial charge in [0, 0.05) is 12.6 Å². The molecule has 0 spiro atoms. The van der Waals surface area contributed by atoms with E-state index < -0.39 is 0 Å². The van der Waals surface area contributed by atoms with Gasteiger partial charge in [0.2, 0.25) is 0 Å². The van der Waals surface area contributed by atoms with Crippen LogP contribution in [0.1, 0.15) is 13.3 Å². The van der Waals surface area contributed by atoms with E-state index in [4.69, 9.17) is 10.5 Å². The van der Waals surface area contributed by atoms with E-state index in [1.54, 1.807) is 0 Å². The average molecular weight is 152 g/mol. The van der Waals surface area contributed by atoms with Crippen LogP contribution >= 0.6 is 12.4 Å². The van der Waals surface area contributed by atoms with Crippen LogP contribution in [0.4, 0.5) is 0 Å². The Hall–Kier alpha value is 0.210. The minimum Gasteiger partial charge on any atom is -0.380 e. The molecule has 0 aliphatic carbocycles. The highest BCUT2D eigenvalue weighted by Gasteiger charge is 2.16. The fourth-order valence-electron chi connectivity index (χ4n) is 0.867. The van der Waals surface area contributed by atoms with Crippen LogP contribution in [0.15, 0.2) is 0 Å². The predicted molar refractivity (Wildman–Crippen MR) is 39.8 cm³/mol. The van der Waals surface area contributed by atoms with Crippen LogP contribution in [-0.2, 0) is 4.74 Å². The summed E-state index contributed by atoms with van der Waals surface area (Å²) in [5.41, 5.74) is 5.65. The Labute approximate surface area is 62.2 Å². The number of nitrogens with two attached hydrogens (primary N) is 1. The second-order valence-electron chi connectivity index (χ2n) is 2.50. The minimum absolute atomic E-state index is 0. The lowest BCUT2D eigenvalue weighted by molar-refractivity contribution is 0.0546. The molecule has 0 bridgehead atoms. The van der Waals surface area contributed by atoms with Crippen LogP contribution in [0.2, 0.25) is 0 Å². The first-order valence-electron chi connectivity index (χ1n) is 3.14. The van der Waals surface area contributed by atoms with Crippen LogP contribution in [0, 0.1) is 5.92 Å². The molecular weight excluding hydrogens is 138 g/mol. The van der Waals surface area contributed by atoms with Crippen molar-refractivity contribution >= 4 is 12.4 Å². The third-order valence-electron chi connectivity index (χ3n) is 1.76. The zero-order chi connectivity index (χ0) is 5.98. The van der Waals surface area contributed by atoms with E-state index in [2.05, 4.69) is 6.92 Å². The zero-order valence-electron chi connectivity index (χ0n) is 5.67. The molecule has 2 N–H and O–H groups in total. The fourth-order valence-corrected chi connectivity index (χ4v) is 0.867. The molecule has 0 aromatic rings. The van der Waals surface area contributed by atoms with Gasteiger partial charge in [0.1, 0.15) is 0 Å². The predicted octanol–water partition coefficient (Wildman–Crippen LogP) is 0.792. The largest absolute Gasteiger partial charge is 0.380 e. The number of rotatable bonds is 0. The summed E-state index contributed by atoms with van der Waals surface area (Å²) in [5.74, 6) is 0.656. The molecule has 9 heavy (non-hydrogen) atoms. The van der Waals surface area contributed by atoms with Gasteiger partial charge in [-0.15, -0.1) is 12.4 Å². The summed E-state index contributed by atoms with van der Waals surface area (Å²) in [7, 11) is 0. The summed E-state index contributed by atoms with van der Waals surface area (Å²) in [4.78, 5) is 0. The molecule has 1 aliphatic heterocycles. The second-order valence-corrected chi connectivity index (χ2v) is 2.50. The molecule has 1 fully saturated rings. The lowest BCUT2D eigenvalue weighted by atomic mass is 9.98. The van der Waals surface area contributed by atoms with Crippen molar-refractivity contribution in [1.29, 1.82) is 0 Å². The Morgan fingerprint density at radius 2 is 2.22 bits per heavy atom. The van der Waals surface area contributed by atoms with Gasteiger partial charge < -0.3 is 10.5 Å². The van der Waals surface area contributed by atoms with Gasteiger partial charge in [-0.05, 0) is 12.3 Å². The summed E-state index contributed by atoms with van der Waals surface area (Å²) >= 11 is 0. The first-order chi connectivity index (χ1) is 3.80. The first kappa shape index (κ1) is 9.21. The van der Waals surface area contributed by atoms with Crippen molar-refractivity contribution in [3.05, 3.63) is 0 Å². The molecule has 1 heterocycles. The van der Waals surface area contributed by atoms with Crippen LogP contribution in [0.25, 0.3) is 0 Å². The van der Waals surface area contributed by atoms with Crippen molar-refractivity contribution in [3.63, 3.8) is 0 Å². The molecule has 0 radical (unpaired) electrons. The number of ether oxygens (including phenoxy) is 1. The average Bonchev–Trinajstić information content (AvgIpc) is 1.77. The van der Waals surface area contributed by atoms with E-state index in [0.717, 1.165) is 19.6 Å². The van der Waals surface area contributed by atoms with Crippen molar-refractivity contribution < 1.29 is 4.74 Å². The summed E-state index contributed by atoms with van der Waals surface area (Å²) in [5, 5.41) is 0. The van der Waals surface area contributed by atoms with Gasteiger partial charge in [-0.1, -0.05) is 6.92 Å². The van der Waals surface area contributed by atoms with Crippen LogP contribution in [0.5, 0.6) is 0 Å². The molecule has 0 amide bonds. The molecule has 0 saturated carbocycles. The number of hydrogen-bond acceptors (Lipinski definition) is 2. The maximum Gasteiger partial charge on any atom is 0.0620 e. The Kier molecular flexibility index (Phi) is 4.19. The number of hydrogen-bond donors (Lipinski definition) is 1. The molecule has 2 nitrogen and oxygen atoms in total. The summed E-state index contributed by atoms with van der Waals surface area (Å²) < 4.78 is 5.13. The smallest absolute Gasteiger partial charge is 0.0620 e.